The van der Waals surface area contributed by atoms with Crippen LogP contribution in [0.2, 0.25) is 5.15 Å². The van der Waals surface area contributed by atoms with E-state index < -0.39 is 5.91 Å². The number of halogens is 1. The Bertz CT molecular complexity index is 626. The molecule has 0 saturated carbocycles. The normalized spacial score (nSPS) is 10.7. The van der Waals surface area contributed by atoms with E-state index in [1.165, 1.54) is 7.11 Å². The number of nitrogens with one attached hydrogen (secondary N) is 1. The highest BCUT2D eigenvalue weighted by atomic mass is 35.5. The minimum absolute atomic E-state index is 0.170. The van der Waals surface area contributed by atoms with E-state index in [4.69, 9.17) is 11.6 Å². The molecule has 0 aliphatic rings. The van der Waals surface area contributed by atoms with Crippen LogP contribution >= 0.6 is 11.6 Å². The van der Waals surface area contributed by atoms with Crippen molar-refractivity contribution in [3.63, 3.8) is 0 Å². The Morgan fingerprint density at radius 3 is 2.72 bits per heavy atom. The fraction of sp³-hybridized carbons (Fsp3) is 0.231. The highest BCUT2D eigenvalue weighted by molar-refractivity contribution is 6.33. The minimum Gasteiger partial charge on any atom is -0.277 e. The molecule has 94 valence electrons. The molecule has 5 heteroatoms. The number of aryl methyl sites for hydroxylation is 2. The fourth-order valence-electron chi connectivity index (χ4n) is 1.94. The first-order valence-corrected chi connectivity index (χ1v) is 5.81. The van der Waals surface area contributed by atoms with Crippen LogP contribution in [0.25, 0.3) is 10.9 Å². The summed E-state index contributed by atoms with van der Waals surface area (Å²) < 4.78 is 0. The lowest BCUT2D eigenvalue weighted by molar-refractivity contribution is 0.0537. The maximum absolute atomic E-state index is 11.7. The minimum atomic E-state index is -0.406. The van der Waals surface area contributed by atoms with Crippen molar-refractivity contribution >= 4 is 28.4 Å². The molecule has 0 unspecified atom stereocenters. The number of nitrogens with zero attached hydrogens (tertiary/aromatic N) is 1. The van der Waals surface area contributed by atoms with Crippen LogP contribution in [-0.2, 0) is 4.84 Å². The van der Waals surface area contributed by atoms with Crippen LogP contribution < -0.4 is 5.48 Å². The number of amides is 1. The maximum Gasteiger partial charge on any atom is 0.277 e. The van der Waals surface area contributed by atoms with Crippen molar-refractivity contribution in [1.29, 1.82) is 0 Å². The Morgan fingerprint density at radius 1 is 1.33 bits per heavy atom. The molecule has 0 fully saturated rings. The number of hydrogen-bond donors (Lipinski definition) is 1. The molecule has 2 aromatic rings. The number of rotatable bonds is 2. The van der Waals surface area contributed by atoms with Gasteiger partial charge in [0.05, 0.1) is 18.2 Å². The van der Waals surface area contributed by atoms with Gasteiger partial charge in [-0.1, -0.05) is 23.2 Å². The zero-order chi connectivity index (χ0) is 13.3. The van der Waals surface area contributed by atoms with E-state index in [0.29, 0.717) is 5.56 Å². The molecule has 1 aromatic heterocycles. The molecule has 4 nitrogen and oxygen atoms in total. The zero-order valence-electron chi connectivity index (χ0n) is 10.4. The lowest BCUT2D eigenvalue weighted by atomic mass is 10.1. The topological polar surface area (TPSA) is 51.2 Å². The van der Waals surface area contributed by atoms with Gasteiger partial charge in [0.25, 0.3) is 5.91 Å². The number of pyridine rings is 1. The standard InChI is InChI=1S/C13H13ClN2O2/c1-7-4-8(2)11-9(5-7)6-10(12(14)15-11)13(17)16-18-3/h4-6H,1-3H3,(H,16,17). The number of carbonyl (C=O) groups is 1. The second-order valence-corrected chi connectivity index (χ2v) is 4.47. The predicted octanol–water partition coefficient (Wildman–Crippen LogP) is 2.80. The van der Waals surface area contributed by atoms with E-state index in [2.05, 4.69) is 15.3 Å². The van der Waals surface area contributed by atoms with Crippen molar-refractivity contribution < 1.29 is 9.63 Å². The Morgan fingerprint density at radius 2 is 2.06 bits per heavy atom. The van der Waals surface area contributed by atoms with E-state index in [9.17, 15) is 4.79 Å². The molecule has 1 N–H and O–H groups in total. The van der Waals surface area contributed by atoms with Gasteiger partial charge in [-0.15, -0.1) is 0 Å². The van der Waals surface area contributed by atoms with Crippen molar-refractivity contribution in [3.8, 4) is 0 Å². The molecular weight excluding hydrogens is 252 g/mol. The number of hydrogen-bond acceptors (Lipinski definition) is 3. The predicted molar refractivity (Wildman–Crippen MR) is 70.7 cm³/mol. The van der Waals surface area contributed by atoms with E-state index in [1.807, 2.05) is 26.0 Å². The third-order valence-corrected chi connectivity index (χ3v) is 2.93. The Kier molecular flexibility index (Phi) is 3.50. The first-order valence-electron chi connectivity index (χ1n) is 5.43. The summed E-state index contributed by atoms with van der Waals surface area (Å²) in [6.45, 7) is 3.96. The van der Waals surface area contributed by atoms with Crippen LogP contribution in [0, 0.1) is 13.8 Å². The van der Waals surface area contributed by atoms with Crippen LogP contribution in [0.3, 0.4) is 0 Å². The lowest BCUT2D eigenvalue weighted by Gasteiger charge is -2.08. The highest BCUT2D eigenvalue weighted by Crippen LogP contribution is 2.24. The molecule has 0 atom stereocenters. The second kappa shape index (κ2) is 4.92. The summed E-state index contributed by atoms with van der Waals surface area (Å²) in [6, 6.07) is 5.72. The van der Waals surface area contributed by atoms with E-state index in [0.717, 1.165) is 22.0 Å². The third-order valence-electron chi connectivity index (χ3n) is 2.65. The van der Waals surface area contributed by atoms with Crippen molar-refractivity contribution in [3.05, 3.63) is 40.0 Å². The van der Waals surface area contributed by atoms with Gasteiger partial charge in [0.1, 0.15) is 5.15 Å². The molecule has 0 bridgehead atoms. The fourth-order valence-corrected chi connectivity index (χ4v) is 2.16. The molecule has 0 spiro atoms. The zero-order valence-corrected chi connectivity index (χ0v) is 11.1. The first kappa shape index (κ1) is 12.8. The van der Waals surface area contributed by atoms with Crippen LogP contribution in [-0.4, -0.2) is 18.0 Å². The summed E-state index contributed by atoms with van der Waals surface area (Å²) in [4.78, 5) is 20.6. The van der Waals surface area contributed by atoms with Gasteiger partial charge < -0.3 is 0 Å². The molecule has 1 aromatic carbocycles. The van der Waals surface area contributed by atoms with Gasteiger partial charge in [0.2, 0.25) is 0 Å². The van der Waals surface area contributed by atoms with Crippen LogP contribution in [0.15, 0.2) is 18.2 Å². The quantitative estimate of drug-likeness (QED) is 0.670. The number of benzene rings is 1. The van der Waals surface area contributed by atoms with Gasteiger partial charge in [0.15, 0.2) is 0 Å². The summed E-state index contributed by atoms with van der Waals surface area (Å²) in [7, 11) is 1.37. The number of aromatic nitrogens is 1. The van der Waals surface area contributed by atoms with Crippen molar-refractivity contribution in [2.75, 3.05) is 7.11 Å². The molecule has 0 saturated heterocycles. The summed E-state index contributed by atoms with van der Waals surface area (Å²) in [6.07, 6.45) is 0. The molecule has 0 aliphatic heterocycles. The van der Waals surface area contributed by atoms with Crippen LogP contribution in [0.5, 0.6) is 0 Å². The second-order valence-electron chi connectivity index (χ2n) is 4.12. The summed E-state index contributed by atoms with van der Waals surface area (Å²) in [5.41, 5.74) is 5.49. The maximum atomic E-state index is 11.7. The number of carbonyl (C=O) groups excluding carboxylic acids is 1. The van der Waals surface area contributed by atoms with E-state index in [1.54, 1.807) is 6.07 Å². The summed E-state index contributed by atoms with van der Waals surface area (Å²) in [5.74, 6) is -0.406. The monoisotopic (exact) mass is 264 g/mol. The average molecular weight is 265 g/mol. The van der Waals surface area contributed by atoms with Gasteiger partial charge in [-0.25, -0.2) is 10.5 Å². The Balaban J connectivity index is 2.64. The molecular formula is C13H13ClN2O2. The Labute approximate surface area is 110 Å². The van der Waals surface area contributed by atoms with Crippen molar-refractivity contribution in [2.45, 2.75) is 13.8 Å². The summed E-state index contributed by atoms with van der Waals surface area (Å²) >= 11 is 6.02. The van der Waals surface area contributed by atoms with E-state index in [-0.39, 0.29) is 5.15 Å². The molecule has 1 heterocycles. The van der Waals surface area contributed by atoms with Gasteiger partial charge in [-0.2, -0.15) is 0 Å². The number of hydroxylamine groups is 1. The van der Waals surface area contributed by atoms with Gasteiger partial charge in [-0.3, -0.25) is 9.63 Å². The molecule has 18 heavy (non-hydrogen) atoms. The van der Waals surface area contributed by atoms with Gasteiger partial charge in [-0.05, 0) is 31.5 Å². The molecule has 1 amide bonds. The smallest absolute Gasteiger partial charge is 0.277 e. The number of fused-ring (bicyclic) bond motifs is 1. The van der Waals surface area contributed by atoms with E-state index >= 15 is 0 Å². The van der Waals surface area contributed by atoms with Crippen molar-refractivity contribution in [1.82, 2.24) is 10.5 Å². The third kappa shape index (κ3) is 2.30. The SMILES string of the molecule is CONC(=O)c1cc2cc(C)cc(C)c2nc1Cl. The van der Waals surface area contributed by atoms with Gasteiger partial charge >= 0.3 is 0 Å². The van der Waals surface area contributed by atoms with Crippen LogP contribution in [0.1, 0.15) is 21.5 Å². The van der Waals surface area contributed by atoms with Crippen molar-refractivity contribution in [2.24, 2.45) is 0 Å². The lowest BCUT2D eigenvalue weighted by Crippen LogP contribution is -2.22. The largest absolute Gasteiger partial charge is 0.277 e. The first-order chi connectivity index (χ1) is 8.52. The highest BCUT2D eigenvalue weighted by Gasteiger charge is 2.13. The van der Waals surface area contributed by atoms with Crippen LogP contribution in [0.4, 0.5) is 0 Å². The Hall–Kier alpha value is -1.65. The summed E-state index contributed by atoms with van der Waals surface area (Å²) in [5, 5.41) is 1.06. The molecule has 0 aliphatic carbocycles. The molecule has 0 radical (unpaired) electrons. The van der Waals surface area contributed by atoms with Gasteiger partial charge in [0, 0.05) is 5.39 Å². The average Bonchev–Trinajstić information content (AvgIpc) is 2.29. The molecule has 2 rings (SSSR count).